The molecule has 1 aromatic rings. The number of rotatable bonds is 8. The largest absolute Gasteiger partial charge is 0.385 e. The number of anilines is 2. The quantitative estimate of drug-likeness (QED) is 0.378. The van der Waals surface area contributed by atoms with Gasteiger partial charge >= 0.3 is 0 Å². The van der Waals surface area contributed by atoms with Gasteiger partial charge in [0.25, 0.3) is 0 Å². The minimum Gasteiger partial charge on any atom is -0.385 e. The van der Waals surface area contributed by atoms with Crippen LogP contribution in [0, 0.1) is 11.6 Å². The van der Waals surface area contributed by atoms with Crippen molar-refractivity contribution in [3.63, 3.8) is 0 Å². The fourth-order valence-corrected chi connectivity index (χ4v) is 1.45. The molecule has 0 spiro atoms. The van der Waals surface area contributed by atoms with Crippen molar-refractivity contribution in [3.8, 4) is 0 Å². The van der Waals surface area contributed by atoms with Gasteiger partial charge in [-0.3, -0.25) is 0 Å². The normalized spacial score (nSPS) is 10.4. The summed E-state index contributed by atoms with van der Waals surface area (Å²) in [5.74, 6) is 3.33. The number of aromatic nitrogens is 1. The summed E-state index contributed by atoms with van der Waals surface area (Å²) in [5, 5.41) is 2.80. The fourth-order valence-electron chi connectivity index (χ4n) is 1.45. The standard InChI is InChI=1S/C11H18F2N4O/c1-18-6-4-2-3-5-15-10-8(12)7-9(13)11(16-10)17-14/h7H,2-6,14H2,1H3,(H2,15,16,17). The lowest BCUT2D eigenvalue weighted by molar-refractivity contribution is 0.192. The SMILES string of the molecule is COCCCCCNc1nc(NN)c(F)cc1F. The van der Waals surface area contributed by atoms with E-state index in [-0.39, 0.29) is 11.6 Å². The van der Waals surface area contributed by atoms with Crippen molar-refractivity contribution in [3.05, 3.63) is 17.7 Å². The van der Waals surface area contributed by atoms with Gasteiger partial charge in [-0.15, -0.1) is 0 Å². The number of ether oxygens (including phenoxy) is 1. The van der Waals surface area contributed by atoms with Crippen molar-refractivity contribution in [1.82, 2.24) is 4.98 Å². The maximum atomic E-state index is 13.3. The molecule has 0 amide bonds. The molecule has 0 unspecified atom stereocenters. The van der Waals surface area contributed by atoms with Gasteiger partial charge in [-0.1, -0.05) is 0 Å². The summed E-state index contributed by atoms with van der Waals surface area (Å²) < 4.78 is 31.3. The van der Waals surface area contributed by atoms with Gasteiger partial charge in [-0.25, -0.2) is 19.6 Å². The van der Waals surface area contributed by atoms with Gasteiger partial charge in [0, 0.05) is 26.3 Å². The van der Waals surface area contributed by atoms with Gasteiger partial charge in [0.1, 0.15) is 0 Å². The van der Waals surface area contributed by atoms with Crippen LogP contribution in [0.3, 0.4) is 0 Å². The topological polar surface area (TPSA) is 72.2 Å². The van der Waals surface area contributed by atoms with Crippen molar-refractivity contribution < 1.29 is 13.5 Å². The fraction of sp³-hybridized carbons (Fsp3) is 0.545. The van der Waals surface area contributed by atoms with Crippen LogP contribution in [-0.2, 0) is 4.74 Å². The average Bonchev–Trinajstić information content (AvgIpc) is 2.36. The third-order valence-electron chi connectivity index (χ3n) is 2.38. The van der Waals surface area contributed by atoms with Crippen molar-refractivity contribution in [2.24, 2.45) is 5.84 Å². The molecular weight excluding hydrogens is 242 g/mol. The Hall–Kier alpha value is -1.47. The van der Waals surface area contributed by atoms with E-state index in [4.69, 9.17) is 10.6 Å². The van der Waals surface area contributed by atoms with E-state index in [0.717, 1.165) is 25.3 Å². The molecule has 1 aromatic heterocycles. The van der Waals surface area contributed by atoms with Crippen molar-refractivity contribution in [2.75, 3.05) is 31.0 Å². The minimum absolute atomic E-state index is 0.00362. The second-order valence-electron chi connectivity index (χ2n) is 3.77. The molecule has 1 rings (SSSR count). The summed E-state index contributed by atoms with van der Waals surface area (Å²) in [4.78, 5) is 3.70. The summed E-state index contributed by atoms with van der Waals surface area (Å²) in [6.45, 7) is 1.27. The van der Waals surface area contributed by atoms with Crippen LogP contribution < -0.4 is 16.6 Å². The van der Waals surface area contributed by atoms with Crippen molar-refractivity contribution >= 4 is 11.6 Å². The van der Waals surface area contributed by atoms with Gasteiger partial charge in [-0.05, 0) is 19.3 Å². The number of hydrazine groups is 1. The Balaban J connectivity index is 2.42. The molecule has 0 aromatic carbocycles. The number of hydrogen-bond acceptors (Lipinski definition) is 5. The molecule has 0 bridgehead atoms. The number of nitrogens with two attached hydrogens (primary N) is 1. The van der Waals surface area contributed by atoms with Crippen LogP contribution in [0.15, 0.2) is 6.07 Å². The highest BCUT2D eigenvalue weighted by atomic mass is 19.1. The molecule has 102 valence electrons. The second kappa shape index (κ2) is 7.78. The number of unbranched alkanes of at least 4 members (excludes halogenated alkanes) is 2. The molecule has 0 atom stereocenters. The molecule has 1 heterocycles. The molecule has 0 radical (unpaired) electrons. The maximum absolute atomic E-state index is 13.3. The van der Waals surface area contributed by atoms with E-state index in [1.165, 1.54) is 0 Å². The zero-order chi connectivity index (χ0) is 13.4. The Morgan fingerprint density at radius 3 is 2.61 bits per heavy atom. The van der Waals surface area contributed by atoms with E-state index in [2.05, 4.69) is 15.7 Å². The van der Waals surface area contributed by atoms with Crippen LogP contribution in [-0.4, -0.2) is 25.2 Å². The summed E-state index contributed by atoms with van der Waals surface area (Å²) in [6, 6.07) is 0.745. The first-order chi connectivity index (χ1) is 8.69. The van der Waals surface area contributed by atoms with Gasteiger partial charge in [-0.2, -0.15) is 0 Å². The van der Waals surface area contributed by atoms with Crippen LogP contribution >= 0.6 is 0 Å². The van der Waals surface area contributed by atoms with E-state index < -0.39 is 11.6 Å². The molecule has 0 aliphatic heterocycles. The molecule has 0 aliphatic carbocycles. The van der Waals surface area contributed by atoms with E-state index in [1.54, 1.807) is 7.11 Å². The number of halogens is 2. The summed E-state index contributed by atoms with van der Waals surface area (Å²) in [7, 11) is 1.65. The summed E-state index contributed by atoms with van der Waals surface area (Å²) in [6.07, 6.45) is 2.77. The second-order valence-corrected chi connectivity index (χ2v) is 3.77. The highest BCUT2D eigenvalue weighted by molar-refractivity contribution is 5.46. The average molecular weight is 260 g/mol. The van der Waals surface area contributed by atoms with Crippen LogP contribution in [0.25, 0.3) is 0 Å². The van der Waals surface area contributed by atoms with Gasteiger partial charge < -0.3 is 15.5 Å². The predicted octanol–water partition coefficient (Wildman–Crippen LogP) is 1.87. The van der Waals surface area contributed by atoms with Gasteiger partial charge in [0.15, 0.2) is 23.3 Å². The Kier molecular flexibility index (Phi) is 6.31. The Morgan fingerprint density at radius 2 is 1.94 bits per heavy atom. The maximum Gasteiger partial charge on any atom is 0.178 e. The summed E-state index contributed by atoms with van der Waals surface area (Å²) in [5.41, 5.74) is 2.07. The monoisotopic (exact) mass is 260 g/mol. The van der Waals surface area contributed by atoms with E-state index >= 15 is 0 Å². The van der Waals surface area contributed by atoms with Crippen molar-refractivity contribution in [1.29, 1.82) is 0 Å². The van der Waals surface area contributed by atoms with Crippen LogP contribution in [0.4, 0.5) is 20.4 Å². The van der Waals surface area contributed by atoms with E-state index in [1.807, 2.05) is 0 Å². The highest BCUT2D eigenvalue weighted by Crippen LogP contribution is 2.18. The molecule has 7 heteroatoms. The zero-order valence-electron chi connectivity index (χ0n) is 10.3. The van der Waals surface area contributed by atoms with E-state index in [0.29, 0.717) is 13.2 Å². The Bertz CT molecular complexity index is 376. The number of hydrogen-bond donors (Lipinski definition) is 3. The van der Waals surface area contributed by atoms with Crippen LogP contribution in [0.5, 0.6) is 0 Å². The third kappa shape index (κ3) is 4.42. The lowest BCUT2D eigenvalue weighted by Crippen LogP contribution is -2.13. The number of methoxy groups -OCH3 is 1. The number of nitrogen functional groups attached to an aromatic ring is 1. The first kappa shape index (κ1) is 14.6. The molecule has 5 nitrogen and oxygen atoms in total. The predicted molar refractivity (Wildman–Crippen MR) is 66.2 cm³/mol. The third-order valence-corrected chi connectivity index (χ3v) is 2.38. The highest BCUT2D eigenvalue weighted by Gasteiger charge is 2.10. The Labute approximate surface area is 105 Å². The van der Waals surface area contributed by atoms with Crippen LogP contribution in [0.1, 0.15) is 19.3 Å². The van der Waals surface area contributed by atoms with Gasteiger partial charge in [0.05, 0.1) is 0 Å². The zero-order valence-corrected chi connectivity index (χ0v) is 10.3. The smallest absolute Gasteiger partial charge is 0.178 e. The molecule has 0 fully saturated rings. The lowest BCUT2D eigenvalue weighted by Gasteiger charge is -2.09. The molecule has 0 saturated carbocycles. The molecule has 18 heavy (non-hydrogen) atoms. The van der Waals surface area contributed by atoms with Gasteiger partial charge in [0.2, 0.25) is 0 Å². The lowest BCUT2D eigenvalue weighted by atomic mass is 10.2. The van der Waals surface area contributed by atoms with E-state index in [9.17, 15) is 8.78 Å². The summed E-state index contributed by atoms with van der Waals surface area (Å²) >= 11 is 0. The first-order valence-electron chi connectivity index (χ1n) is 5.74. The molecule has 4 N–H and O–H groups in total. The first-order valence-corrected chi connectivity index (χ1v) is 5.74. The Morgan fingerprint density at radius 1 is 1.22 bits per heavy atom. The van der Waals surface area contributed by atoms with Crippen molar-refractivity contribution in [2.45, 2.75) is 19.3 Å². The number of nitrogens with one attached hydrogen (secondary N) is 2. The molecular formula is C11H18F2N4O. The number of pyridine rings is 1. The van der Waals surface area contributed by atoms with Crippen LogP contribution in [0.2, 0.25) is 0 Å². The molecule has 0 saturated heterocycles. The number of nitrogens with zero attached hydrogens (tertiary/aromatic N) is 1. The minimum atomic E-state index is -0.819. The molecule has 0 aliphatic rings.